The normalized spacial score (nSPS) is 9.86. The van der Waals surface area contributed by atoms with Gasteiger partial charge in [-0.2, -0.15) is 0 Å². The Hall–Kier alpha value is -1.21. The largest absolute Gasteiger partial charge is 0.365 e. The Morgan fingerprint density at radius 3 is 2.21 bits per heavy atom. The maximum Gasteiger partial charge on any atom is 0.365 e. The smallest absolute Gasteiger partial charge is 0.258 e. The van der Waals surface area contributed by atoms with Crippen molar-refractivity contribution in [1.29, 1.82) is 0 Å². The Labute approximate surface area is 90.9 Å². The van der Waals surface area contributed by atoms with Gasteiger partial charge in [0, 0.05) is 10.5 Å². The summed E-state index contributed by atoms with van der Waals surface area (Å²) < 4.78 is 0.247. The van der Waals surface area contributed by atoms with Gasteiger partial charge in [-0.05, 0) is 22.0 Å². The van der Waals surface area contributed by atoms with Crippen LogP contribution in [0, 0.1) is 20.2 Å². The molecular formula is C6H2BrClN2O4. The summed E-state index contributed by atoms with van der Waals surface area (Å²) in [6, 6.07) is 2.31. The number of nitro benzene ring substituents is 2. The molecule has 8 heteroatoms. The van der Waals surface area contributed by atoms with Gasteiger partial charge in [0.25, 0.3) is 0 Å². The van der Waals surface area contributed by atoms with Crippen LogP contribution < -0.4 is 0 Å². The first-order valence-corrected chi connectivity index (χ1v) is 4.39. The van der Waals surface area contributed by atoms with Crippen molar-refractivity contribution in [2.24, 2.45) is 0 Å². The van der Waals surface area contributed by atoms with Crippen molar-refractivity contribution in [2.75, 3.05) is 0 Å². The van der Waals surface area contributed by atoms with Crippen LogP contribution in [0.4, 0.5) is 11.4 Å². The van der Waals surface area contributed by atoms with Gasteiger partial charge >= 0.3 is 11.4 Å². The highest BCUT2D eigenvalue weighted by Gasteiger charge is 2.29. The summed E-state index contributed by atoms with van der Waals surface area (Å²) in [5, 5.41) is 20.6. The first-order valence-electron chi connectivity index (χ1n) is 3.22. The molecule has 0 saturated heterocycles. The lowest BCUT2D eigenvalue weighted by Crippen LogP contribution is -1.97. The molecule has 0 aliphatic rings. The van der Waals surface area contributed by atoms with E-state index in [-0.39, 0.29) is 9.50 Å². The van der Waals surface area contributed by atoms with Gasteiger partial charge in [0.05, 0.1) is 9.85 Å². The lowest BCUT2D eigenvalue weighted by atomic mass is 10.3. The van der Waals surface area contributed by atoms with Crippen LogP contribution in [0.1, 0.15) is 0 Å². The third-order valence-electron chi connectivity index (χ3n) is 1.43. The third-order valence-corrected chi connectivity index (χ3v) is 2.70. The van der Waals surface area contributed by atoms with E-state index in [1.807, 2.05) is 0 Å². The minimum absolute atomic E-state index is 0.247. The molecule has 14 heavy (non-hydrogen) atoms. The predicted molar refractivity (Wildman–Crippen MR) is 52.5 cm³/mol. The second kappa shape index (κ2) is 3.89. The average molecular weight is 281 g/mol. The van der Waals surface area contributed by atoms with Crippen LogP contribution >= 0.6 is 27.5 Å². The summed E-state index contributed by atoms with van der Waals surface area (Å²) in [7, 11) is 0. The highest BCUT2D eigenvalue weighted by Crippen LogP contribution is 2.38. The van der Waals surface area contributed by atoms with Gasteiger partial charge in [-0.25, -0.2) is 0 Å². The number of nitro groups is 2. The molecule has 74 valence electrons. The number of hydrogen-bond acceptors (Lipinski definition) is 4. The van der Waals surface area contributed by atoms with Crippen LogP contribution in [0.2, 0.25) is 5.02 Å². The van der Waals surface area contributed by atoms with E-state index in [4.69, 9.17) is 11.6 Å². The minimum atomic E-state index is -0.884. The number of rotatable bonds is 2. The first-order chi connectivity index (χ1) is 6.45. The Morgan fingerprint density at radius 2 is 1.79 bits per heavy atom. The lowest BCUT2D eigenvalue weighted by molar-refractivity contribution is -0.422. The molecule has 0 amide bonds. The molecule has 0 aliphatic carbocycles. The fraction of sp³-hybridized carbons (Fsp3) is 0. The standard InChI is InChI=1S/C6H2BrClN2O4/c7-3-1-2-4(9(11)12)6(5(3)8)10(13)14/h1-2H. The van der Waals surface area contributed by atoms with E-state index in [0.717, 1.165) is 6.07 Å². The van der Waals surface area contributed by atoms with Gasteiger partial charge in [0.1, 0.15) is 5.02 Å². The molecule has 0 bridgehead atoms. The maximum absolute atomic E-state index is 10.5. The molecular weight excluding hydrogens is 279 g/mol. The van der Waals surface area contributed by atoms with Crippen LogP contribution in [-0.2, 0) is 0 Å². The van der Waals surface area contributed by atoms with Gasteiger partial charge in [-0.3, -0.25) is 20.2 Å². The fourth-order valence-corrected chi connectivity index (χ4v) is 1.40. The Kier molecular flexibility index (Phi) is 3.02. The Morgan fingerprint density at radius 1 is 1.21 bits per heavy atom. The SMILES string of the molecule is O=[N+]([O-])c1ccc(Br)c(Cl)c1[N+](=O)[O-]. The van der Waals surface area contributed by atoms with Gasteiger partial charge in [-0.15, -0.1) is 0 Å². The lowest BCUT2D eigenvalue weighted by Gasteiger charge is -1.98. The predicted octanol–water partition coefficient (Wildman–Crippen LogP) is 2.92. The molecule has 1 aromatic carbocycles. The number of hydrogen-bond donors (Lipinski definition) is 0. The van der Waals surface area contributed by atoms with E-state index < -0.39 is 21.2 Å². The second-order valence-corrected chi connectivity index (χ2v) is 3.48. The Bertz CT molecular complexity index is 423. The van der Waals surface area contributed by atoms with E-state index in [1.165, 1.54) is 6.07 Å². The third kappa shape index (κ3) is 1.83. The summed E-state index contributed by atoms with van der Waals surface area (Å²) in [4.78, 5) is 19.2. The second-order valence-electron chi connectivity index (χ2n) is 2.24. The number of nitrogens with zero attached hydrogens (tertiary/aromatic N) is 2. The summed E-state index contributed by atoms with van der Waals surface area (Å²) >= 11 is 8.48. The number of benzene rings is 1. The molecule has 1 aromatic rings. The Balaban J connectivity index is 3.53. The highest BCUT2D eigenvalue weighted by atomic mass is 79.9. The van der Waals surface area contributed by atoms with Crippen LogP contribution in [0.25, 0.3) is 0 Å². The van der Waals surface area contributed by atoms with Crippen LogP contribution in [0.5, 0.6) is 0 Å². The molecule has 0 unspecified atom stereocenters. The van der Waals surface area contributed by atoms with Crippen molar-refractivity contribution >= 4 is 38.9 Å². The molecule has 0 aromatic heterocycles. The van der Waals surface area contributed by atoms with Crippen molar-refractivity contribution in [3.63, 3.8) is 0 Å². The van der Waals surface area contributed by atoms with Gasteiger partial charge in [0.2, 0.25) is 0 Å². The van der Waals surface area contributed by atoms with Gasteiger partial charge in [-0.1, -0.05) is 11.6 Å². The monoisotopic (exact) mass is 280 g/mol. The summed E-state index contributed by atoms with van der Waals surface area (Å²) in [5.74, 6) is 0. The molecule has 0 aliphatic heterocycles. The van der Waals surface area contributed by atoms with Crippen LogP contribution in [-0.4, -0.2) is 9.85 Å². The average Bonchev–Trinajstić information content (AvgIpc) is 2.08. The zero-order chi connectivity index (χ0) is 10.9. The molecule has 1 rings (SSSR count). The fourth-order valence-electron chi connectivity index (χ4n) is 0.851. The first kappa shape index (κ1) is 10.9. The van der Waals surface area contributed by atoms with E-state index in [9.17, 15) is 20.2 Å². The zero-order valence-electron chi connectivity index (χ0n) is 6.44. The van der Waals surface area contributed by atoms with E-state index in [2.05, 4.69) is 15.9 Å². The molecule has 0 spiro atoms. The zero-order valence-corrected chi connectivity index (χ0v) is 8.78. The molecule has 0 fully saturated rings. The summed E-state index contributed by atoms with van der Waals surface area (Å²) in [6.07, 6.45) is 0. The van der Waals surface area contributed by atoms with E-state index >= 15 is 0 Å². The van der Waals surface area contributed by atoms with Crippen LogP contribution in [0.3, 0.4) is 0 Å². The molecule has 0 radical (unpaired) electrons. The van der Waals surface area contributed by atoms with Crippen molar-refractivity contribution in [1.82, 2.24) is 0 Å². The topological polar surface area (TPSA) is 86.3 Å². The van der Waals surface area contributed by atoms with Crippen molar-refractivity contribution in [2.45, 2.75) is 0 Å². The molecule has 0 atom stereocenters. The summed E-state index contributed by atoms with van der Waals surface area (Å²) in [6.45, 7) is 0. The van der Waals surface area contributed by atoms with Crippen molar-refractivity contribution in [3.05, 3.63) is 41.9 Å². The van der Waals surface area contributed by atoms with Gasteiger partial charge < -0.3 is 0 Å². The quantitative estimate of drug-likeness (QED) is 0.616. The molecule has 0 N–H and O–H groups in total. The molecule has 0 heterocycles. The molecule has 0 saturated carbocycles. The molecule has 6 nitrogen and oxygen atoms in total. The highest BCUT2D eigenvalue weighted by molar-refractivity contribution is 9.10. The van der Waals surface area contributed by atoms with Gasteiger partial charge in [0.15, 0.2) is 0 Å². The van der Waals surface area contributed by atoms with E-state index in [1.54, 1.807) is 0 Å². The van der Waals surface area contributed by atoms with Crippen LogP contribution in [0.15, 0.2) is 16.6 Å². The number of halogens is 2. The summed E-state index contributed by atoms with van der Waals surface area (Å²) in [5.41, 5.74) is -1.32. The maximum atomic E-state index is 10.5. The minimum Gasteiger partial charge on any atom is -0.258 e. The van der Waals surface area contributed by atoms with E-state index in [0.29, 0.717) is 0 Å². The van der Waals surface area contributed by atoms with Crippen molar-refractivity contribution in [3.8, 4) is 0 Å². The van der Waals surface area contributed by atoms with Crippen molar-refractivity contribution < 1.29 is 9.85 Å².